The smallest absolute Gasteiger partial charge is 0.339 e. The van der Waals surface area contributed by atoms with E-state index in [1.165, 1.54) is 5.01 Å². The Morgan fingerprint density at radius 2 is 1.68 bits per heavy atom. The minimum atomic E-state index is -0.520. The molecule has 1 unspecified atom stereocenters. The van der Waals surface area contributed by atoms with Gasteiger partial charge in [-0.1, -0.05) is 80.9 Å². The number of benzene rings is 3. The number of hydrazone groups is 1. The number of hydrogen-bond donors (Lipinski definition) is 0. The minimum absolute atomic E-state index is 0.323. The Balaban J connectivity index is 1.42. The largest absolute Gasteiger partial charge is 0.497 e. The molecule has 0 saturated carbocycles. The highest BCUT2D eigenvalue weighted by Crippen LogP contribution is 2.34. The number of para-hydroxylation sites is 1. The van der Waals surface area contributed by atoms with E-state index in [4.69, 9.17) is 19.6 Å². The van der Waals surface area contributed by atoms with Gasteiger partial charge in [0.1, 0.15) is 5.75 Å². The predicted molar refractivity (Wildman–Crippen MR) is 156 cm³/mol. The number of nitrogens with zero attached hydrogens (tertiary/aromatic N) is 3. The van der Waals surface area contributed by atoms with Crippen LogP contribution in [0.3, 0.4) is 0 Å². The molecule has 2 heterocycles. The molecule has 1 aliphatic heterocycles. The van der Waals surface area contributed by atoms with Crippen LogP contribution in [0.4, 0.5) is 0 Å². The van der Waals surface area contributed by atoms with Crippen LogP contribution in [-0.2, 0) is 22.4 Å². The van der Waals surface area contributed by atoms with Crippen molar-refractivity contribution in [3.05, 3.63) is 107 Å². The van der Waals surface area contributed by atoms with Crippen LogP contribution in [-0.4, -0.2) is 41.3 Å². The number of methoxy groups -OCH3 is 1. The van der Waals surface area contributed by atoms with E-state index in [-0.39, 0.29) is 11.9 Å². The number of ether oxygens (including phenoxy) is 2. The molecule has 1 aromatic heterocycles. The summed E-state index contributed by atoms with van der Waals surface area (Å²) in [5.41, 5.74) is 5.69. The van der Waals surface area contributed by atoms with Crippen LogP contribution in [0.1, 0.15) is 65.5 Å². The number of aryl methyl sites for hydroxylation is 1. The maximum Gasteiger partial charge on any atom is 0.339 e. The number of fused-ring (bicyclic) bond motifs is 1. The van der Waals surface area contributed by atoms with Crippen LogP contribution in [0.2, 0.25) is 0 Å². The number of aromatic nitrogens is 1. The third-order valence-corrected chi connectivity index (χ3v) is 7.22. The predicted octanol–water partition coefficient (Wildman–Crippen LogP) is 6.29. The number of amides is 1. The number of esters is 1. The molecule has 7 nitrogen and oxygen atoms in total. The van der Waals surface area contributed by atoms with Gasteiger partial charge in [0.05, 0.1) is 29.9 Å². The van der Waals surface area contributed by atoms with Crippen LogP contribution in [0, 0.1) is 0 Å². The van der Waals surface area contributed by atoms with Gasteiger partial charge < -0.3 is 9.47 Å². The Morgan fingerprint density at radius 3 is 2.38 bits per heavy atom. The van der Waals surface area contributed by atoms with Crippen molar-refractivity contribution in [1.29, 1.82) is 0 Å². The van der Waals surface area contributed by atoms with Gasteiger partial charge in [-0.2, -0.15) is 5.10 Å². The lowest BCUT2D eigenvalue weighted by Gasteiger charge is -2.22. The summed E-state index contributed by atoms with van der Waals surface area (Å²) in [5.74, 6) is -0.171. The van der Waals surface area contributed by atoms with Crippen molar-refractivity contribution < 1.29 is 19.1 Å². The third-order valence-electron chi connectivity index (χ3n) is 7.22. The molecule has 0 aliphatic carbocycles. The summed E-state index contributed by atoms with van der Waals surface area (Å²) in [7, 11) is 1.62. The molecule has 1 atom stereocenters. The van der Waals surface area contributed by atoms with Gasteiger partial charge in [0, 0.05) is 17.5 Å². The molecule has 1 amide bonds. The molecule has 0 saturated heterocycles. The zero-order chi connectivity index (χ0) is 28.1. The Kier molecular flexibility index (Phi) is 8.20. The van der Waals surface area contributed by atoms with E-state index in [1.807, 2.05) is 85.8 Å². The standard InChI is InChI=1S/C33H33N3O4/c1-4-11-27-25(5-2)32(26-14-9-10-15-28(26)34-27)33(38)40-21-31(37)36-30(23-16-18-24(39-3)19-17-23)20-29(35-36)22-12-7-6-8-13-22/h6-10,12-19,30H,4-5,11,20-21H2,1-3H3. The van der Waals surface area contributed by atoms with Crippen molar-refractivity contribution in [3.63, 3.8) is 0 Å². The second kappa shape index (κ2) is 12.1. The van der Waals surface area contributed by atoms with Crippen molar-refractivity contribution in [2.45, 2.75) is 45.6 Å². The minimum Gasteiger partial charge on any atom is -0.497 e. The normalized spacial score (nSPS) is 14.7. The number of carbonyl (C=O) groups is 2. The Labute approximate surface area is 234 Å². The van der Waals surface area contributed by atoms with Crippen molar-refractivity contribution in [3.8, 4) is 5.75 Å². The molecule has 4 aromatic rings. The second-order valence-corrected chi connectivity index (χ2v) is 9.75. The van der Waals surface area contributed by atoms with E-state index >= 15 is 0 Å². The average molecular weight is 536 g/mol. The van der Waals surface area contributed by atoms with E-state index in [0.717, 1.165) is 57.6 Å². The zero-order valence-corrected chi connectivity index (χ0v) is 23.1. The maximum absolute atomic E-state index is 13.6. The molecule has 40 heavy (non-hydrogen) atoms. The fourth-order valence-corrected chi connectivity index (χ4v) is 5.26. The molecule has 1 aliphatic rings. The summed E-state index contributed by atoms with van der Waals surface area (Å²) in [6.07, 6.45) is 2.86. The maximum atomic E-state index is 13.6. The molecule has 0 N–H and O–H groups in total. The summed E-state index contributed by atoms with van der Waals surface area (Å²) in [6.45, 7) is 3.68. The lowest BCUT2D eigenvalue weighted by atomic mass is 9.96. The highest BCUT2D eigenvalue weighted by atomic mass is 16.5. The van der Waals surface area contributed by atoms with Crippen LogP contribution < -0.4 is 4.74 Å². The fourth-order valence-electron chi connectivity index (χ4n) is 5.26. The third kappa shape index (κ3) is 5.45. The zero-order valence-electron chi connectivity index (χ0n) is 23.1. The molecule has 0 radical (unpaired) electrons. The number of pyridine rings is 1. The van der Waals surface area contributed by atoms with Gasteiger partial charge in [-0.05, 0) is 47.7 Å². The van der Waals surface area contributed by atoms with E-state index in [0.29, 0.717) is 18.4 Å². The first kappa shape index (κ1) is 27.1. The second-order valence-electron chi connectivity index (χ2n) is 9.75. The van der Waals surface area contributed by atoms with Crippen molar-refractivity contribution in [2.24, 2.45) is 5.10 Å². The SMILES string of the molecule is CCCc1nc2ccccc2c(C(=O)OCC(=O)N2N=C(c3ccccc3)CC2c2ccc(OC)cc2)c1CC. The topological polar surface area (TPSA) is 81.1 Å². The van der Waals surface area contributed by atoms with Gasteiger partial charge in [-0.15, -0.1) is 0 Å². The highest BCUT2D eigenvalue weighted by Gasteiger charge is 2.34. The molecule has 5 rings (SSSR count). The molecule has 204 valence electrons. The van der Waals surface area contributed by atoms with Gasteiger partial charge in [0.2, 0.25) is 0 Å². The Morgan fingerprint density at radius 1 is 0.950 bits per heavy atom. The van der Waals surface area contributed by atoms with Crippen molar-refractivity contribution in [2.75, 3.05) is 13.7 Å². The first-order valence-corrected chi connectivity index (χ1v) is 13.7. The van der Waals surface area contributed by atoms with Gasteiger partial charge >= 0.3 is 5.97 Å². The summed E-state index contributed by atoms with van der Waals surface area (Å²) in [6, 6.07) is 24.7. The molecule has 0 spiro atoms. The molecule has 0 bridgehead atoms. The number of carbonyl (C=O) groups excluding carboxylic acids is 2. The first-order chi connectivity index (χ1) is 19.5. The number of rotatable bonds is 9. The average Bonchev–Trinajstić information content (AvgIpc) is 3.45. The summed E-state index contributed by atoms with van der Waals surface area (Å²) in [5, 5.41) is 6.88. The van der Waals surface area contributed by atoms with E-state index in [9.17, 15) is 9.59 Å². The van der Waals surface area contributed by atoms with Crippen LogP contribution in [0.5, 0.6) is 5.75 Å². The van der Waals surface area contributed by atoms with Crippen molar-refractivity contribution in [1.82, 2.24) is 9.99 Å². The lowest BCUT2D eigenvalue weighted by Crippen LogP contribution is -2.31. The summed E-state index contributed by atoms with van der Waals surface area (Å²) in [4.78, 5) is 31.9. The fraction of sp³-hybridized carbons (Fsp3) is 0.273. The molecule has 3 aromatic carbocycles. The van der Waals surface area contributed by atoms with Gasteiger partial charge in [0.15, 0.2) is 6.61 Å². The Hall–Kier alpha value is -4.52. The summed E-state index contributed by atoms with van der Waals surface area (Å²) >= 11 is 0. The van der Waals surface area contributed by atoms with Crippen LogP contribution >= 0.6 is 0 Å². The monoisotopic (exact) mass is 535 g/mol. The molecular formula is C33H33N3O4. The van der Waals surface area contributed by atoms with Crippen molar-refractivity contribution >= 4 is 28.5 Å². The lowest BCUT2D eigenvalue weighted by molar-refractivity contribution is -0.136. The Bertz CT molecular complexity index is 1550. The number of hydrogen-bond acceptors (Lipinski definition) is 6. The first-order valence-electron chi connectivity index (χ1n) is 13.7. The molecule has 0 fully saturated rings. The van der Waals surface area contributed by atoms with Crippen LogP contribution in [0.25, 0.3) is 10.9 Å². The quantitative estimate of drug-likeness (QED) is 0.235. The molecular weight excluding hydrogens is 502 g/mol. The van der Waals surface area contributed by atoms with Crippen LogP contribution in [0.15, 0.2) is 84.0 Å². The summed E-state index contributed by atoms with van der Waals surface area (Å²) < 4.78 is 11.0. The van der Waals surface area contributed by atoms with Gasteiger partial charge in [-0.3, -0.25) is 9.78 Å². The molecule has 7 heteroatoms. The highest BCUT2D eigenvalue weighted by molar-refractivity contribution is 6.06. The van der Waals surface area contributed by atoms with E-state index < -0.39 is 12.6 Å². The van der Waals surface area contributed by atoms with Gasteiger partial charge in [-0.25, -0.2) is 9.80 Å². The van der Waals surface area contributed by atoms with E-state index in [1.54, 1.807) is 7.11 Å². The van der Waals surface area contributed by atoms with Gasteiger partial charge in [0.25, 0.3) is 5.91 Å². The van der Waals surface area contributed by atoms with E-state index in [2.05, 4.69) is 6.92 Å².